The molecule has 1 aliphatic rings. The number of carbonyl (C=O) groups excluding carboxylic acids is 2. The van der Waals surface area contributed by atoms with Crippen molar-refractivity contribution >= 4 is 29.7 Å². The lowest BCUT2D eigenvalue weighted by atomic mass is 10.1. The molecule has 2 amide bonds. The van der Waals surface area contributed by atoms with Gasteiger partial charge >= 0.3 is 0 Å². The van der Waals surface area contributed by atoms with Crippen LogP contribution in [0.3, 0.4) is 0 Å². The van der Waals surface area contributed by atoms with E-state index in [1.807, 2.05) is 48.6 Å². The quantitative estimate of drug-likeness (QED) is 0.473. The summed E-state index contributed by atoms with van der Waals surface area (Å²) in [5.74, 6) is 0.662. The molecule has 0 spiro atoms. The maximum absolute atomic E-state index is 12.8. The first kappa shape index (κ1) is 18.5. The number of fused-ring (bicyclic) bond motifs is 1. The lowest BCUT2D eigenvalue weighted by Gasteiger charge is -2.16. The molecule has 1 aliphatic heterocycles. The van der Waals surface area contributed by atoms with Gasteiger partial charge in [0.25, 0.3) is 11.8 Å². The highest BCUT2D eigenvalue weighted by Gasteiger charge is 2.36. The summed E-state index contributed by atoms with van der Waals surface area (Å²) >= 11 is 0. The van der Waals surface area contributed by atoms with Gasteiger partial charge in [0, 0.05) is 0 Å². The molecule has 5 nitrogen and oxygen atoms in total. The highest BCUT2D eigenvalue weighted by Crippen LogP contribution is 2.32. The van der Waals surface area contributed by atoms with Crippen LogP contribution in [0.1, 0.15) is 31.8 Å². The molecule has 0 N–H and O–H groups in total. The third kappa shape index (κ3) is 3.27. The lowest BCUT2D eigenvalue weighted by Crippen LogP contribution is -2.29. The average molecular weight is 385 g/mol. The normalized spacial score (nSPS) is 13.1. The number of nitrogens with zero attached hydrogens (tertiary/aromatic N) is 1. The van der Waals surface area contributed by atoms with Crippen molar-refractivity contribution in [3.8, 4) is 11.5 Å². The van der Waals surface area contributed by atoms with Gasteiger partial charge in [-0.1, -0.05) is 48.6 Å². The number of anilines is 1. The van der Waals surface area contributed by atoms with Crippen LogP contribution in [0.4, 0.5) is 5.69 Å². The zero-order valence-electron chi connectivity index (χ0n) is 16.1. The Hall–Kier alpha value is -3.86. The number of para-hydroxylation sites is 1. The van der Waals surface area contributed by atoms with Gasteiger partial charge in [0.05, 0.1) is 31.0 Å². The molecule has 0 aliphatic carbocycles. The molecule has 144 valence electrons. The fourth-order valence-corrected chi connectivity index (χ4v) is 3.38. The van der Waals surface area contributed by atoms with E-state index >= 15 is 0 Å². The first-order valence-electron chi connectivity index (χ1n) is 9.11. The van der Waals surface area contributed by atoms with Crippen LogP contribution in [-0.2, 0) is 0 Å². The van der Waals surface area contributed by atoms with Crippen molar-refractivity contribution in [1.29, 1.82) is 0 Å². The zero-order chi connectivity index (χ0) is 20.4. The highest BCUT2D eigenvalue weighted by atomic mass is 16.5. The molecule has 29 heavy (non-hydrogen) atoms. The number of hydrogen-bond donors (Lipinski definition) is 0. The van der Waals surface area contributed by atoms with Crippen molar-refractivity contribution in [3.05, 3.63) is 89.0 Å². The number of carbonyl (C=O) groups is 2. The van der Waals surface area contributed by atoms with Crippen molar-refractivity contribution in [2.45, 2.75) is 0 Å². The van der Waals surface area contributed by atoms with Gasteiger partial charge in [0.1, 0.15) is 0 Å². The molecule has 3 aromatic carbocycles. The second-order valence-corrected chi connectivity index (χ2v) is 6.50. The minimum atomic E-state index is -0.308. The van der Waals surface area contributed by atoms with E-state index in [1.54, 1.807) is 44.6 Å². The van der Waals surface area contributed by atoms with E-state index in [4.69, 9.17) is 9.47 Å². The largest absolute Gasteiger partial charge is 0.493 e. The molecule has 0 saturated carbocycles. The Morgan fingerprint density at radius 1 is 0.724 bits per heavy atom. The maximum atomic E-state index is 12.8. The topological polar surface area (TPSA) is 55.8 Å². The first-order chi connectivity index (χ1) is 14.1. The number of ether oxygens (including phenoxy) is 2. The van der Waals surface area contributed by atoms with Gasteiger partial charge in [-0.25, -0.2) is 4.90 Å². The Bertz CT molecular complexity index is 1100. The van der Waals surface area contributed by atoms with Crippen molar-refractivity contribution in [3.63, 3.8) is 0 Å². The molecule has 0 bridgehead atoms. The number of methoxy groups -OCH3 is 2. The summed E-state index contributed by atoms with van der Waals surface area (Å²) in [4.78, 5) is 26.9. The summed E-state index contributed by atoms with van der Waals surface area (Å²) < 4.78 is 10.6. The Kier molecular flexibility index (Phi) is 4.87. The zero-order valence-corrected chi connectivity index (χ0v) is 16.1. The second kappa shape index (κ2) is 7.64. The molecule has 0 atom stereocenters. The monoisotopic (exact) mass is 385 g/mol. The minimum Gasteiger partial charge on any atom is -0.493 e. The summed E-state index contributed by atoms with van der Waals surface area (Å²) in [6.45, 7) is 0. The molecule has 0 aromatic heterocycles. The van der Waals surface area contributed by atoms with E-state index in [-0.39, 0.29) is 11.8 Å². The van der Waals surface area contributed by atoms with Crippen LogP contribution in [0.5, 0.6) is 11.5 Å². The molecule has 1 heterocycles. The molecule has 0 fully saturated rings. The minimum absolute atomic E-state index is 0.308. The molecular formula is C24H19NO4. The molecule has 0 unspecified atom stereocenters. The third-order valence-electron chi connectivity index (χ3n) is 4.83. The standard InChI is InChI=1S/C24H19NO4/c1-28-21-14-12-16(15-22(21)29-2)11-13-17-7-3-6-10-20(17)25-23(26)18-8-4-5-9-19(18)24(25)27/h3-15H,1-2H3. The molecular weight excluding hydrogens is 366 g/mol. The van der Waals surface area contributed by atoms with Crippen LogP contribution in [0.15, 0.2) is 66.7 Å². The van der Waals surface area contributed by atoms with Gasteiger partial charge in [-0.3, -0.25) is 9.59 Å². The first-order valence-corrected chi connectivity index (χ1v) is 9.11. The van der Waals surface area contributed by atoms with Crippen molar-refractivity contribution < 1.29 is 19.1 Å². The van der Waals surface area contributed by atoms with Gasteiger partial charge < -0.3 is 9.47 Å². The Morgan fingerprint density at radius 2 is 1.34 bits per heavy atom. The van der Waals surface area contributed by atoms with Gasteiger partial charge in [-0.2, -0.15) is 0 Å². The number of amides is 2. The number of benzene rings is 3. The van der Waals surface area contributed by atoms with Gasteiger partial charge in [-0.05, 0) is 41.5 Å². The fraction of sp³-hybridized carbons (Fsp3) is 0.0833. The second-order valence-electron chi connectivity index (χ2n) is 6.50. The van der Waals surface area contributed by atoms with E-state index in [2.05, 4.69) is 0 Å². The van der Waals surface area contributed by atoms with E-state index in [9.17, 15) is 9.59 Å². The predicted molar refractivity (Wildman–Crippen MR) is 112 cm³/mol. The summed E-state index contributed by atoms with van der Waals surface area (Å²) in [6, 6.07) is 19.8. The van der Waals surface area contributed by atoms with Crippen LogP contribution in [0.25, 0.3) is 12.2 Å². The van der Waals surface area contributed by atoms with E-state index in [0.29, 0.717) is 28.3 Å². The van der Waals surface area contributed by atoms with Crippen LogP contribution in [0.2, 0.25) is 0 Å². The van der Waals surface area contributed by atoms with Crippen LogP contribution >= 0.6 is 0 Å². The van der Waals surface area contributed by atoms with Crippen molar-refractivity contribution in [1.82, 2.24) is 0 Å². The van der Waals surface area contributed by atoms with Crippen LogP contribution in [-0.4, -0.2) is 26.0 Å². The lowest BCUT2D eigenvalue weighted by molar-refractivity contribution is 0.0926. The Labute approximate surface area is 168 Å². The smallest absolute Gasteiger partial charge is 0.266 e. The van der Waals surface area contributed by atoms with Gasteiger partial charge in [0.15, 0.2) is 11.5 Å². The molecule has 4 rings (SSSR count). The van der Waals surface area contributed by atoms with Crippen molar-refractivity contribution in [2.24, 2.45) is 0 Å². The molecule has 5 heteroatoms. The summed E-state index contributed by atoms with van der Waals surface area (Å²) in [6.07, 6.45) is 3.78. The molecule has 0 saturated heterocycles. The summed E-state index contributed by atoms with van der Waals surface area (Å²) in [5.41, 5.74) is 3.07. The summed E-state index contributed by atoms with van der Waals surface area (Å²) in [5, 5.41) is 0. The molecule has 0 radical (unpaired) electrons. The Balaban J connectivity index is 1.69. The van der Waals surface area contributed by atoms with Crippen LogP contribution < -0.4 is 14.4 Å². The van der Waals surface area contributed by atoms with E-state index < -0.39 is 0 Å². The molecule has 3 aromatic rings. The average Bonchev–Trinajstić information content (AvgIpc) is 3.02. The predicted octanol–water partition coefficient (Wildman–Crippen LogP) is 4.67. The van der Waals surface area contributed by atoms with E-state index in [1.165, 1.54) is 4.90 Å². The maximum Gasteiger partial charge on any atom is 0.266 e. The summed E-state index contributed by atoms with van der Waals surface area (Å²) in [7, 11) is 3.18. The third-order valence-corrected chi connectivity index (χ3v) is 4.83. The number of hydrogen-bond acceptors (Lipinski definition) is 4. The fourth-order valence-electron chi connectivity index (χ4n) is 3.38. The number of rotatable bonds is 5. The SMILES string of the molecule is COc1ccc(C=Cc2ccccc2N2C(=O)c3ccccc3C2=O)cc1OC. The van der Waals surface area contributed by atoms with Gasteiger partial charge in [0.2, 0.25) is 0 Å². The Morgan fingerprint density at radius 3 is 2.00 bits per heavy atom. The van der Waals surface area contributed by atoms with Gasteiger partial charge in [-0.15, -0.1) is 0 Å². The number of imide groups is 1. The highest BCUT2D eigenvalue weighted by molar-refractivity contribution is 6.34. The van der Waals surface area contributed by atoms with Crippen molar-refractivity contribution in [2.75, 3.05) is 19.1 Å². The van der Waals surface area contributed by atoms with E-state index in [0.717, 1.165) is 11.1 Å². The van der Waals surface area contributed by atoms with Crippen LogP contribution in [0, 0.1) is 0 Å².